The molecular formula is C15H20N2O2. The van der Waals surface area contributed by atoms with Gasteiger partial charge in [0.25, 0.3) is 0 Å². The number of benzene rings is 1. The quantitative estimate of drug-likeness (QED) is 0.842. The number of carbonyl (C=O) groups excluding carboxylic acids is 1. The van der Waals surface area contributed by atoms with E-state index in [1.165, 1.54) is 0 Å². The zero-order chi connectivity index (χ0) is 13.2. The van der Waals surface area contributed by atoms with Gasteiger partial charge in [0.15, 0.2) is 0 Å². The van der Waals surface area contributed by atoms with Crippen molar-refractivity contribution in [2.45, 2.75) is 25.3 Å². The molecule has 1 amide bonds. The molecule has 0 radical (unpaired) electrons. The Bertz CT molecular complexity index is 475. The first kappa shape index (κ1) is 12.5. The molecule has 1 aromatic rings. The number of para-hydroxylation sites is 1. The van der Waals surface area contributed by atoms with E-state index in [0.717, 1.165) is 30.8 Å². The molecule has 0 aliphatic carbocycles. The number of carbonyl (C=O) groups is 1. The van der Waals surface area contributed by atoms with Gasteiger partial charge < -0.3 is 15.4 Å². The Morgan fingerprint density at radius 2 is 2.21 bits per heavy atom. The summed E-state index contributed by atoms with van der Waals surface area (Å²) in [5, 5.41) is 6.50. The molecule has 2 aliphatic rings. The molecule has 1 fully saturated rings. The fraction of sp³-hybridized carbons (Fsp3) is 0.533. The van der Waals surface area contributed by atoms with Crippen molar-refractivity contribution < 1.29 is 9.53 Å². The van der Waals surface area contributed by atoms with Crippen molar-refractivity contribution in [3.05, 3.63) is 29.8 Å². The monoisotopic (exact) mass is 260 g/mol. The molecule has 1 saturated heterocycles. The smallest absolute Gasteiger partial charge is 0.231 e. The fourth-order valence-corrected chi connectivity index (χ4v) is 2.95. The van der Waals surface area contributed by atoms with Gasteiger partial charge in [0, 0.05) is 18.2 Å². The molecule has 0 saturated carbocycles. The van der Waals surface area contributed by atoms with Crippen LogP contribution >= 0.6 is 0 Å². The van der Waals surface area contributed by atoms with Gasteiger partial charge >= 0.3 is 0 Å². The molecule has 102 valence electrons. The highest BCUT2D eigenvalue weighted by Crippen LogP contribution is 2.33. The minimum absolute atomic E-state index is 0.0888. The van der Waals surface area contributed by atoms with Crippen LogP contribution in [0.15, 0.2) is 24.3 Å². The average Bonchev–Trinajstić information content (AvgIpc) is 2.82. The molecule has 1 aromatic carbocycles. The van der Waals surface area contributed by atoms with Crippen LogP contribution < -0.4 is 15.4 Å². The second kappa shape index (κ2) is 5.21. The van der Waals surface area contributed by atoms with Crippen LogP contribution in [0, 0.1) is 5.92 Å². The summed E-state index contributed by atoms with van der Waals surface area (Å²) in [5.41, 5.74) is 1.01. The van der Waals surface area contributed by atoms with E-state index < -0.39 is 0 Å². The van der Waals surface area contributed by atoms with E-state index in [0.29, 0.717) is 12.5 Å². The van der Waals surface area contributed by atoms with Crippen LogP contribution in [0.4, 0.5) is 0 Å². The zero-order valence-corrected chi connectivity index (χ0v) is 11.2. The van der Waals surface area contributed by atoms with Crippen molar-refractivity contribution in [2.75, 3.05) is 19.7 Å². The van der Waals surface area contributed by atoms with Gasteiger partial charge in [0.05, 0.1) is 0 Å². The minimum Gasteiger partial charge on any atom is -0.492 e. The third-order valence-electron chi connectivity index (χ3n) is 3.93. The Hall–Kier alpha value is -1.55. The van der Waals surface area contributed by atoms with Crippen molar-refractivity contribution >= 4 is 5.91 Å². The molecule has 19 heavy (non-hydrogen) atoms. The molecule has 4 nitrogen and oxygen atoms in total. The summed E-state index contributed by atoms with van der Waals surface area (Å²) in [6, 6.07) is 8.04. The standard InChI is InChI=1S/C15H20N2O2/c1-10-6-11(8-16-7-10)17-15(18)13-9-19-14-5-3-2-4-12(13)14/h2-5,10-11,13,16H,6-9H2,1H3,(H,17,18). The number of piperidine rings is 1. The molecule has 4 heteroatoms. The lowest BCUT2D eigenvalue weighted by molar-refractivity contribution is -0.123. The van der Waals surface area contributed by atoms with Gasteiger partial charge in [0.1, 0.15) is 18.3 Å². The van der Waals surface area contributed by atoms with Crippen molar-refractivity contribution in [3.63, 3.8) is 0 Å². The topological polar surface area (TPSA) is 50.4 Å². The van der Waals surface area contributed by atoms with Crippen LogP contribution in [-0.4, -0.2) is 31.6 Å². The highest BCUT2D eigenvalue weighted by Gasteiger charge is 2.31. The summed E-state index contributed by atoms with van der Waals surface area (Å²) in [6.45, 7) is 4.58. The number of nitrogens with one attached hydrogen (secondary N) is 2. The predicted octanol–water partition coefficient (Wildman–Crippen LogP) is 1.28. The lowest BCUT2D eigenvalue weighted by Crippen LogP contribution is -2.49. The molecule has 2 heterocycles. The highest BCUT2D eigenvalue weighted by molar-refractivity contribution is 5.85. The summed E-state index contributed by atoms with van der Waals surface area (Å²) in [6.07, 6.45) is 1.05. The normalized spacial score (nSPS) is 29.4. The van der Waals surface area contributed by atoms with Crippen molar-refractivity contribution in [1.29, 1.82) is 0 Å². The third-order valence-corrected chi connectivity index (χ3v) is 3.93. The Morgan fingerprint density at radius 3 is 3.05 bits per heavy atom. The van der Waals surface area contributed by atoms with E-state index in [4.69, 9.17) is 4.74 Å². The van der Waals surface area contributed by atoms with Gasteiger partial charge in [0.2, 0.25) is 5.91 Å². The van der Waals surface area contributed by atoms with Crippen molar-refractivity contribution in [2.24, 2.45) is 5.92 Å². The van der Waals surface area contributed by atoms with Crippen LogP contribution in [0.25, 0.3) is 0 Å². The van der Waals surface area contributed by atoms with Crippen LogP contribution in [0.2, 0.25) is 0 Å². The van der Waals surface area contributed by atoms with Gasteiger partial charge in [-0.25, -0.2) is 0 Å². The average molecular weight is 260 g/mol. The molecule has 2 N–H and O–H groups in total. The largest absolute Gasteiger partial charge is 0.492 e. The molecule has 3 unspecified atom stereocenters. The number of amides is 1. The lowest BCUT2D eigenvalue weighted by atomic mass is 9.95. The Morgan fingerprint density at radius 1 is 1.37 bits per heavy atom. The van der Waals surface area contributed by atoms with E-state index in [-0.39, 0.29) is 17.9 Å². The highest BCUT2D eigenvalue weighted by atomic mass is 16.5. The molecule has 3 rings (SSSR count). The molecule has 0 aromatic heterocycles. The summed E-state index contributed by atoms with van der Waals surface area (Å²) >= 11 is 0. The van der Waals surface area contributed by atoms with Crippen molar-refractivity contribution in [1.82, 2.24) is 10.6 Å². The van der Waals surface area contributed by atoms with Gasteiger partial charge in [-0.3, -0.25) is 4.79 Å². The predicted molar refractivity (Wildman–Crippen MR) is 73.3 cm³/mol. The van der Waals surface area contributed by atoms with E-state index in [1.54, 1.807) is 0 Å². The fourth-order valence-electron chi connectivity index (χ4n) is 2.95. The number of rotatable bonds is 2. The van der Waals surface area contributed by atoms with Crippen LogP contribution in [0.3, 0.4) is 0 Å². The number of fused-ring (bicyclic) bond motifs is 1. The summed E-state index contributed by atoms with van der Waals surface area (Å²) in [4.78, 5) is 12.4. The Kier molecular flexibility index (Phi) is 3.42. The Balaban J connectivity index is 1.65. The second-order valence-electron chi connectivity index (χ2n) is 5.61. The van der Waals surface area contributed by atoms with Gasteiger partial charge in [-0.05, 0) is 24.9 Å². The summed E-state index contributed by atoms with van der Waals surface area (Å²) < 4.78 is 5.57. The van der Waals surface area contributed by atoms with E-state index in [2.05, 4.69) is 17.6 Å². The Labute approximate surface area is 113 Å². The molecule has 0 spiro atoms. The maximum absolute atomic E-state index is 12.4. The van der Waals surface area contributed by atoms with Gasteiger partial charge in [-0.15, -0.1) is 0 Å². The molecular weight excluding hydrogens is 240 g/mol. The van der Waals surface area contributed by atoms with Gasteiger partial charge in [-0.2, -0.15) is 0 Å². The first-order chi connectivity index (χ1) is 9.24. The van der Waals surface area contributed by atoms with Crippen molar-refractivity contribution in [3.8, 4) is 5.75 Å². The first-order valence-corrected chi connectivity index (χ1v) is 6.97. The number of ether oxygens (including phenoxy) is 1. The maximum atomic E-state index is 12.4. The second-order valence-corrected chi connectivity index (χ2v) is 5.61. The SMILES string of the molecule is CC1CNCC(NC(=O)C2COc3ccccc32)C1. The third kappa shape index (κ3) is 2.59. The summed E-state index contributed by atoms with van der Waals surface area (Å²) in [7, 11) is 0. The zero-order valence-electron chi connectivity index (χ0n) is 11.2. The first-order valence-electron chi connectivity index (χ1n) is 6.97. The number of hydrogen-bond acceptors (Lipinski definition) is 3. The van der Waals surface area contributed by atoms with E-state index >= 15 is 0 Å². The molecule has 0 bridgehead atoms. The lowest BCUT2D eigenvalue weighted by Gasteiger charge is -2.29. The number of hydrogen-bond donors (Lipinski definition) is 2. The van der Waals surface area contributed by atoms with E-state index in [9.17, 15) is 4.79 Å². The van der Waals surface area contributed by atoms with Crippen LogP contribution in [-0.2, 0) is 4.79 Å². The van der Waals surface area contributed by atoms with Crippen LogP contribution in [0.5, 0.6) is 5.75 Å². The maximum Gasteiger partial charge on any atom is 0.231 e. The van der Waals surface area contributed by atoms with Crippen LogP contribution in [0.1, 0.15) is 24.8 Å². The summed E-state index contributed by atoms with van der Waals surface area (Å²) in [5.74, 6) is 1.39. The molecule has 3 atom stereocenters. The van der Waals surface area contributed by atoms with Gasteiger partial charge in [-0.1, -0.05) is 25.1 Å². The van der Waals surface area contributed by atoms with E-state index in [1.807, 2.05) is 24.3 Å². The minimum atomic E-state index is -0.159. The molecule has 2 aliphatic heterocycles.